The van der Waals surface area contributed by atoms with Crippen molar-refractivity contribution in [2.24, 2.45) is 5.92 Å². The van der Waals surface area contributed by atoms with E-state index in [1.54, 1.807) is 19.2 Å². The maximum atomic E-state index is 14.0. The fourth-order valence-electron chi connectivity index (χ4n) is 5.57. The summed E-state index contributed by atoms with van der Waals surface area (Å²) in [5.41, 5.74) is 1.31. The summed E-state index contributed by atoms with van der Waals surface area (Å²) in [6, 6.07) is 1.27. The zero-order valence-corrected chi connectivity index (χ0v) is 21.7. The van der Waals surface area contributed by atoms with Crippen molar-refractivity contribution in [3.63, 3.8) is 0 Å². The lowest BCUT2D eigenvalue weighted by molar-refractivity contribution is -0.135. The molecule has 0 radical (unpaired) electrons. The lowest BCUT2D eigenvalue weighted by atomic mass is 9.83. The van der Waals surface area contributed by atoms with E-state index in [-0.39, 0.29) is 35.7 Å². The number of Topliss-reactive ketones (excluding diaryl/α,β-unsaturated/α-hetero) is 1. The van der Waals surface area contributed by atoms with Crippen LogP contribution in [0.15, 0.2) is 18.5 Å². The van der Waals surface area contributed by atoms with Crippen LogP contribution in [0.2, 0.25) is 5.02 Å². The molecule has 0 spiro atoms. The molecule has 3 heterocycles. The number of likely N-dealkylation sites (N-methyl/N-ethyl adjacent to an activating group) is 1. The summed E-state index contributed by atoms with van der Waals surface area (Å²) in [5, 5.41) is 16.1. The summed E-state index contributed by atoms with van der Waals surface area (Å²) in [6.07, 6.45) is 10.8. The molecule has 3 N–H and O–H groups in total. The first-order chi connectivity index (χ1) is 16.8. The fraction of sp³-hybridized carbons (Fsp3) is 0.615. The van der Waals surface area contributed by atoms with Gasteiger partial charge in [0, 0.05) is 42.5 Å². The third kappa shape index (κ3) is 5.54. The van der Waals surface area contributed by atoms with E-state index in [0.717, 1.165) is 43.9 Å². The number of amides is 1. The number of carbonyl (C=O) groups excluding carboxylic acids is 2. The third-order valence-electron chi connectivity index (χ3n) is 7.69. The zero-order chi connectivity index (χ0) is 25.1. The Morgan fingerprint density at radius 2 is 1.97 bits per heavy atom. The number of fused-ring (bicyclic) bond motifs is 1. The summed E-state index contributed by atoms with van der Waals surface area (Å²) in [7, 11) is 1.83. The van der Waals surface area contributed by atoms with Crippen LogP contribution in [0.1, 0.15) is 69.2 Å². The Hall–Kier alpha value is -2.45. The lowest BCUT2D eigenvalue weighted by Gasteiger charge is -2.36. The molecule has 8 nitrogen and oxygen atoms in total. The van der Waals surface area contributed by atoms with E-state index in [9.17, 15) is 9.59 Å². The minimum absolute atomic E-state index is 0.0131. The van der Waals surface area contributed by atoms with Crippen LogP contribution in [0, 0.1) is 11.3 Å². The summed E-state index contributed by atoms with van der Waals surface area (Å²) in [4.78, 5) is 32.7. The molecule has 1 aliphatic heterocycles. The van der Waals surface area contributed by atoms with E-state index in [0.29, 0.717) is 35.2 Å². The quantitative estimate of drug-likeness (QED) is 0.289. The second-order valence-corrected chi connectivity index (χ2v) is 10.5. The van der Waals surface area contributed by atoms with Crippen molar-refractivity contribution in [1.82, 2.24) is 25.1 Å². The first-order valence-corrected chi connectivity index (χ1v) is 13.2. The maximum Gasteiger partial charge on any atom is 0.245 e. The van der Waals surface area contributed by atoms with Crippen molar-refractivity contribution < 1.29 is 9.59 Å². The van der Waals surface area contributed by atoms with E-state index in [2.05, 4.69) is 15.6 Å². The maximum absolute atomic E-state index is 14.0. The average Bonchev–Trinajstić information content (AvgIpc) is 3.46. The number of hydrogen-bond donors (Lipinski definition) is 3. The lowest BCUT2D eigenvalue weighted by Crippen LogP contribution is -2.56. The average molecular weight is 501 g/mol. The molecule has 1 saturated carbocycles. The van der Waals surface area contributed by atoms with Crippen LogP contribution in [0.3, 0.4) is 0 Å². The number of carbonyl (C=O) groups is 2. The van der Waals surface area contributed by atoms with Gasteiger partial charge >= 0.3 is 0 Å². The van der Waals surface area contributed by atoms with E-state index >= 15 is 0 Å². The van der Waals surface area contributed by atoms with Crippen molar-refractivity contribution in [2.45, 2.75) is 83.5 Å². The first kappa shape index (κ1) is 25.6. The monoisotopic (exact) mass is 500 g/mol. The Morgan fingerprint density at radius 1 is 1.23 bits per heavy atom. The zero-order valence-electron chi connectivity index (χ0n) is 20.9. The molecule has 190 valence electrons. The highest BCUT2D eigenvalue weighted by atomic mass is 35.5. The molecule has 2 aliphatic rings. The van der Waals surface area contributed by atoms with Gasteiger partial charge in [-0.15, -0.1) is 0 Å². The number of rotatable bonds is 8. The predicted octanol–water partition coefficient (Wildman–Crippen LogP) is 4.01. The SMILES string of the molecule is CN[C@@H](C)C(=N)N[C@H](C(=O)N1CCC[C@H]1Cn1cc(C(C)=O)c2cc(Cl)cnc21)C1CCCCC1. The molecule has 9 heteroatoms. The van der Waals surface area contributed by atoms with Gasteiger partial charge in [-0.05, 0) is 58.6 Å². The summed E-state index contributed by atoms with van der Waals surface area (Å²) < 4.78 is 1.99. The van der Waals surface area contributed by atoms with Crippen LogP contribution in [-0.4, -0.2) is 63.7 Å². The van der Waals surface area contributed by atoms with Crippen LogP contribution in [0.4, 0.5) is 0 Å². The number of aromatic nitrogens is 2. The minimum atomic E-state index is -0.384. The van der Waals surface area contributed by atoms with Crippen molar-refractivity contribution in [2.75, 3.05) is 13.6 Å². The third-order valence-corrected chi connectivity index (χ3v) is 7.90. The normalized spacial score (nSPS) is 20.7. The molecule has 1 aliphatic carbocycles. The number of hydrogen-bond acceptors (Lipinski definition) is 5. The van der Waals surface area contributed by atoms with Gasteiger partial charge < -0.3 is 20.1 Å². The Labute approximate surface area is 212 Å². The molecule has 2 aromatic heterocycles. The molecule has 0 bridgehead atoms. The van der Waals surface area contributed by atoms with Crippen LogP contribution < -0.4 is 10.6 Å². The number of ketones is 1. The van der Waals surface area contributed by atoms with Gasteiger partial charge in [-0.25, -0.2) is 4.98 Å². The van der Waals surface area contributed by atoms with Gasteiger partial charge in [0.25, 0.3) is 0 Å². The smallest absolute Gasteiger partial charge is 0.245 e. The van der Waals surface area contributed by atoms with Crippen LogP contribution in [0.25, 0.3) is 11.0 Å². The Balaban J connectivity index is 1.58. The van der Waals surface area contributed by atoms with Crippen LogP contribution in [0.5, 0.6) is 0 Å². The second kappa shape index (κ2) is 11.1. The van der Waals surface area contributed by atoms with Gasteiger partial charge in [0.05, 0.1) is 11.1 Å². The number of amidine groups is 1. The topological polar surface area (TPSA) is 103 Å². The highest BCUT2D eigenvalue weighted by molar-refractivity contribution is 6.31. The summed E-state index contributed by atoms with van der Waals surface area (Å²) in [6.45, 7) is 4.76. The van der Waals surface area contributed by atoms with Gasteiger partial charge in [0.2, 0.25) is 5.91 Å². The Kier molecular flexibility index (Phi) is 8.12. The highest BCUT2D eigenvalue weighted by Crippen LogP contribution is 2.31. The summed E-state index contributed by atoms with van der Waals surface area (Å²) >= 11 is 6.16. The number of nitrogens with zero attached hydrogens (tertiary/aromatic N) is 3. The Morgan fingerprint density at radius 3 is 2.66 bits per heavy atom. The molecule has 0 aromatic carbocycles. The molecule has 35 heavy (non-hydrogen) atoms. The van der Waals surface area contributed by atoms with E-state index in [1.165, 1.54) is 6.42 Å². The Bertz CT molecular complexity index is 1090. The number of likely N-dealkylation sites (tertiary alicyclic amines) is 1. The molecule has 2 aromatic rings. The van der Waals surface area contributed by atoms with Crippen molar-refractivity contribution in [3.8, 4) is 0 Å². The molecular formula is C26H37ClN6O2. The molecule has 3 atom stereocenters. The first-order valence-electron chi connectivity index (χ1n) is 12.8. The van der Waals surface area contributed by atoms with Crippen LogP contribution in [-0.2, 0) is 11.3 Å². The fourth-order valence-corrected chi connectivity index (χ4v) is 5.73. The summed E-state index contributed by atoms with van der Waals surface area (Å²) in [5.74, 6) is 0.654. The standard InChI is InChI=1S/C26H37ClN6O2/c1-16(29-3)24(28)31-23(18-8-5-4-6-9-18)26(35)33-11-7-10-20(33)14-32-15-22(17(2)34)21-12-19(27)13-30-25(21)32/h12-13,15-16,18,20,23,29H,4-11,14H2,1-3H3,(H2,28,31)/t16-,20-,23-/m0/s1. The molecule has 0 unspecified atom stereocenters. The predicted molar refractivity (Wildman–Crippen MR) is 139 cm³/mol. The van der Waals surface area contributed by atoms with Gasteiger partial charge in [-0.1, -0.05) is 30.9 Å². The van der Waals surface area contributed by atoms with Crippen molar-refractivity contribution in [1.29, 1.82) is 5.41 Å². The van der Waals surface area contributed by atoms with E-state index < -0.39 is 0 Å². The van der Waals surface area contributed by atoms with Crippen molar-refractivity contribution >= 4 is 40.2 Å². The van der Waals surface area contributed by atoms with Gasteiger partial charge in [0.1, 0.15) is 17.5 Å². The molecular weight excluding hydrogens is 464 g/mol. The molecule has 4 rings (SSSR count). The van der Waals surface area contributed by atoms with Crippen LogP contribution >= 0.6 is 11.6 Å². The minimum Gasteiger partial charge on any atom is -0.361 e. The number of halogens is 1. The second-order valence-electron chi connectivity index (χ2n) is 10.0. The van der Waals surface area contributed by atoms with E-state index in [4.69, 9.17) is 17.0 Å². The molecule has 2 fully saturated rings. The number of pyridine rings is 1. The van der Waals surface area contributed by atoms with Crippen molar-refractivity contribution in [3.05, 3.63) is 29.0 Å². The molecule has 1 amide bonds. The highest BCUT2D eigenvalue weighted by Gasteiger charge is 2.38. The van der Waals surface area contributed by atoms with E-state index in [1.807, 2.05) is 29.6 Å². The number of nitrogens with one attached hydrogen (secondary N) is 3. The van der Waals surface area contributed by atoms with Gasteiger partial charge in [0.15, 0.2) is 5.78 Å². The largest absolute Gasteiger partial charge is 0.361 e. The molecule has 1 saturated heterocycles. The van der Waals surface area contributed by atoms with Gasteiger partial charge in [-0.2, -0.15) is 0 Å². The van der Waals surface area contributed by atoms with Gasteiger partial charge in [-0.3, -0.25) is 15.0 Å².